The molecule has 0 saturated carbocycles. The molecule has 0 bridgehead atoms. The van der Waals surface area contributed by atoms with E-state index in [4.69, 9.17) is 15.3 Å². The molecule has 4 N–H and O–H groups in total. The van der Waals surface area contributed by atoms with Gasteiger partial charge in [-0.25, -0.2) is 9.59 Å². The molecule has 0 aliphatic rings. The first-order chi connectivity index (χ1) is 8.08. The number of aliphatic hydroxyl groups is 2. The van der Waals surface area contributed by atoms with Gasteiger partial charge in [-0.1, -0.05) is 0 Å². The third-order valence-corrected chi connectivity index (χ3v) is 1.83. The Bertz CT molecular complexity index is 397. The molecule has 0 rings (SSSR count). The van der Waals surface area contributed by atoms with Crippen molar-refractivity contribution in [2.45, 2.75) is 31.5 Å². The predicted octanol–water partition coefficient (Wildman–Crippen LogP) is -2.19. The van der Waals surface area contributed by atoms with Crippen molar-refractivity contribution in [2.75, 3.05) is 0 Å². The van der Waals surface area contributed by atoms with Gasteiger partial charge in [0.15, 0.2) is 5.60 Å². The number of carboxylic acids is 2. The van der Waals surface area contributed by atoms with E-state index in [1.807, 2.05) is 0 Å². The Hall–Kier alpha value is -0.468. The van der Waals surface area contributed by atoms with Gasteiger partial charge >= 0.3 is 70.0 Å². The number of rotatable bonds is 6. The summed E-state index contributed by atoms with van der Waals surface area (Å²) in [5, 5.41) is 35.2. The van der Waals surface area contributed by atoms with Crippen molar-refractivity contribution in [3.8, 4) is 0 Å². The first kappa shape index (κ1) is 24.5. The van der Waals surface area contributed by atoms with Crippen molar-refractivity contribution in [3.05, 3.63) is 0 Å². The molecule has 0 aromatic heterocycles. The fraction of sp³-hybridized carbons (Fsp3) is 0.556. The Morgan fingerprint density at radius 1 is 1.15 bits per heavy atom. The van der Waals surface area contributed by atoms with Gasteiger partial charge in [-0.05, 0) is 6.92 Å². The number of carbonyl (C=O) groups excluding carboxylic acids is 2. The monoisotopic (exact) mass is 316 g/mol. The van der Waals surface area contributed by atoms with Gasteiger partial charge in [-0.15, -0.1) is 0 Å². The zero-order chi connectivity index (χ0) is 14.5. The molecule has 20 heavy (non-hydrogen) atoms. The summed E-state index contributed by atoms with van der Waals surface area (Å²) in [5.74, 6) is -6.36. The van der Waals surface area contributed by atoms with Crippen LogP contribution in [0.25, 0.3) is 0 Å². The maximum Gasteiger partial charge on any atom is 2.00 e. The number of hydrogen-bond acceptors (Lipinski definition) is 7. The Morgan fingerprint density at radius 2 is 1.60 bits per heavy atom. The SMILES string of the molecule is CC(O)C(=O)OC(=O)CC(O)(CC(=O)O)C(=O)O.[H-].[H-].[H-].[H-].[Mg+2].[Mg+2]. The normalized spacial score (nSPS) is 13.8. The molecule has 9 nitrogen and oxygen atoms in total. The molecule has 2 unspecified atom stereocenters. The van der Waals surface area contributed by atoms with Crippen molar-refractivity contribution in [1.29, 1.82) is 0 Å². The van der Waals surface area contributed by atoms with E-state index in [1.165, 1.54) is 0 Å². The summed E-state index contributed by atoms with van der Waals surface area (Å²) in [5.41, 5.74) is -2.87. The molecule has 0 heterocycles. The molecule has 0 aliphatic heterocycles. The molecule has 0 radical (unpaired) electrons. The summed E-state index contributed by atoms with van der Waals surface area (Å²) >= 11 is 0. The molecular weight excluding hydrogens is 301 g/mol. The molecule has 0 amide bonds. The largest absolute Gasteiger partial charge is 2.00 e. The molecule has 0 aliphatic carbocycles. The summed E-state index contributed by atoms with van der Waals surface area (Å²) in [6.45, 7) is 1.01. The Balaban J connectivity index is -0.0000000963. The fourth-order valence-electron chi connectivity index (χ4n) is 0.936. The van der Waals surface area contributed by atoms with Gasteiger partial charge < -0.3 is 30.9 Å². The zero-order valence-electron chi connectivity index (χ0n) is 14.7. The van der Waals surface area contributed by atoms with Crippen LogP contribution in [0.3, 0.4) is 0 Å². The minimum atomic E-state index is -2.87. The standard InChI is InChI=1S/C9H12O9.2Mg.4H/c1-4(10)7(14)18-6(13)3-9(17,8(15)16)2-5(11)12;;;;;;/h4,10,17H,2-3H2,1H3,(H,11,12)(H,15,16);;;;;;/q;2*+2;4*-1. The number of esters is 2. The smallest absolute Gasteiger partial charge is 1.00 e. The third-order valence-electron chi connectivity index (χ3n) is 1.83. The van der Waals surface area contributed by atoms with E-state index < -0.39 is 48.4 Å². The van der Waals surface area contributed by atoms with E-state index in [9.17, 15) is 24.3 Å². The topological polar surface area (TPSA) is 158 Å². The van der Waals surface area contributed by atoms with Crippen molar-refractivity contribution in [1.82, 2.24) is 0 Å². The molecule has 2 atom stereocenters. The average molecular weight is 317 g/mol. The number of aliphatic hydroxyl groups excluding tert-OH is 1. The Labute approximate surface area is 151 Å². The predicted molar refractivity (Wildman–Crippen MR) is 68.2 cm³/mol. The van der Waals surface area contributed by atoms with E-state index in [1.54, 1.807) is 0 Å². The molecule has 0 fully saturated rings. The Morgan fingerprint density at radius 3 is 1.90 bits per heavy atom. The van der Waals surface area contributed by atoms with E-state index in [2.05, 4.69) is 4.74 Å². The molecule has 110 valence electrons. The van der Waals surface area contributed by atoms with E-state index in [0.717, 1.165) is 6.92 Å². The minimum absolute atomic E-state index is 0. The minimum Gasteiger partial charge on any atom is -1.00 e. The summed E-state index contributed by atoms with van der Waals surface area (Å²) in [7, 11) is 0. The zero-order valence-corrected chi connectivity index (χ0v) is 13.6. The van der Waals surface area contributed by atoms with Crippen LogP contribution in [0.15, 0.2) is 0 Å². The quantitative estimate of drug-likeness (QED) is 0.242. The maximum atomic E-state index is 11.1. The number of hydrogen-bond donors (Lipinski definition) is 4. The van der Waals surface area contributed by atoms with Crippen LogP contribution in [-0.4, -0.2) is 102 Å². The maximum absolute atomic E-state index is 11.1. The van der Waals surface area contributed by atoms with Crippen molar-refractivity contribution < 1.29 is 50.0 Å². The van der Waals surface area contributed by atoms with Crippen LogP contribution in [-0.2, 0) is 23.9 Å². The van der Waals surface area contributed by atoms with Crippen molar-refractivity contribution in [3.63, 3.8) is 0 Å². The number of aliphatic carboxylic acids is 2. The van der Waals surface area contributed by atoms with Crippen LogP contribution in [0.5, 0.6) is 0 Å². The van der Waals surface area contributed by atoms with Crippen LogP contribution < -0.4 is 0 Å². The molecule has 0 saturated heterocycles. The second-order valence-electron chi connectivity index (χ2n) is 3.55. The van der Waals surface area contributed by atoms with E-state index in [0.29, 0.717) is 0 Å². The van der Waals surface area contributed by atoms with E-state index >= 15 is 0 Å². The number of carbonyl (C=O) groups is 4. The van der Waals surface area contributed by atoms with E-state index in [-0.39, 0.29) is 51.8 Å². The summed E-state index contributed by atoms with van der Waals surface area (Å²) < 4.78 is 4.00. The summed E-state index contributed by atoms with van der Waals surface area (Å²) in [4.78, 5) is 42.9. The third kappa shape index (κ3) is 8.65. The summed E-state index contributed by atoms with van der Waals surface area (Å²) in [6, 6.07) is 0. The second kappa shape index (κ2) is 10.3. The molecule has 0 spiro atoms. The first-order valence-electron chi connectivity index (χ1n) is 4.68. The van der Waals surface area contributed by atoms with Crippen LogP contribution in [0.4, 0.5) is 0 Å². The van der Waals surface area contributed by atoms with Crippen LogP contribution in [0.2, 0.25) is 0 Å². The van der Waals surface area contributed by atoms with Gasteiger partial charge in [0.25, 0.3) is 0 Å². The van der Waals surface area contributed by atoms with Crippen LogP contribution in [0, 0.1) is 0 Å². The molecular formula is C9H16Mg2O9. The van der Waals surface area contributed by atoms with Crippen molar-refractivity contribution >= 4 is 70.0 Å². The number of ether oxygens (including phenoxy) is 1. The summed E-state index contributed by atoms with van der Waals surface area (Å²) in [6.07, 6.45) is -4.07. The Kier molecular flexibility index (Phi) is 12.6. The van der Waals surface area contributed by atoms with Crippen molar-refractivity contribution in [2.24, 2.45) is 0 Å². The number of carboxylic acid groups (broad SMARTS) is 2. The fourth-order valence-corrected chi connectivity index (χ4v) is 0.936. The van der Waals surface area contributed by atoms with Gasteiger partial charge in [0.1, 0.15) is 6.10 Å². The molecule has 0 aromatic carbocycles. The molecule has 11 heteroatoms. The van der Waals surface area contributed by atoms with Gasteiger partial charge in [0.2, 0.25) is 0 Å². The van der Waals surface area contributed by atoms with Gasteiger partial charge in [-0.3, -0.25) is 9.59 Å². The van der Waals surface area contributed by atoms with Gasteiger partial charge in [-0.2, -0.15) is 0 Å². The van der Waals surface area contributed by atoms with Crippen LogP contribution in [0.1, 0.15) is 25.5 Å². The van der Waals surface area contributed by atoms with Crippen LogP contribution >= 0.6 is 0 Å². The van der Waals surface area contributed by atoms with Gasteiger partial charge in [0.05, 0.1) is 12.8 Å². The van der Waals surface area contributed by atoms with Gasteiger partial charge in [0, 0.05) is 0 Å². The first-order valence-corrected chi connectivity index (χ1v) is 4.68. The average Bonchev–Trinajstić information content (AvgIpc) is 2.14. The molecule has 0 aromatic rings. The second-order valence-corrected chi connectivity index (χ2v) is 3.55.